The van der Waals surface area contributed by atoms with E-state index in [9.17, 15) is 13.6 Å². The van der Waals surface area contributed by atoms with Gasteiger partial charge in [0, 0.05) is 6.07 Å². The van der Waals surface area contributed by atoms with Crippen LogP contribution in [0.3, 0.4) is 0 Å². The van der Waals surface area contributed by atoms with Gasteiger partial charge in [0.05, 0.1) is 13.2 Å². The summed E-state index contributed by atoms with van der Waals surface area (Å²) in [6.45, 7) is 4.12. The Morgan fingerprint density at radius 3 is 2.62 bits per heavy atom. The summed E-state index contributed by atoms with van der Waals surface area (Å²) in [7, 11) is 1.69. The van der Waals surface area contributed by atoms with Crippen molar-refractivity contribution in [2.75, 3.05) is 20.3 Å². The zero-order valence-electron chi connectivity index (χ0n) is 12.5. The quantitative estimate of drug-likeness (QED) is 0.592. The van der Waals surface area contributed by atoms with E-state index in [2.05, 4.69) is 5.32 Å². The number of carbonyl (C=O) groups excluding carboxylic acids is 1. The lowest BCUT2D eigenvalue weighted by atomic mass is 9.96. The molecule has 0 aliphatic heterocycles. The van der Waals surface area contributed by atoms with E-state index in [1.807, 2.05) is 0 Å². The maximum absolute atomic E-state index is 13.0. The van der Waals surface area contributed by atoms with Gasteiger partial charge in [-0.2, -0.15) is 0 Å². The molecule has 0 heterocycles. The average molecular weight is 301 g/mol. The van der Waals surface area contributed by atoms with Gasteiger partial charge in [-0.25, -0.2) is 8.78 Å². The van der Waals surface area contributed by atoms with Crippen molar-refractivity contribution in [1.82, 2.24) is 5.32 Å². The molecule has 1 unspecified atom stereocenters. The van der Waals surface area contributed by atoms with Crippen LogP contribution in [0.2, 0.25) is 0 Å². The SMILES string of the molecule is CCOC(=O)C(C)(CCCOc1ccc(F)c(F)c1)NC. The Bertz CT molecular complexity index is 482. The van der Waals surface area contributed by atoms with Crippen LogP contribution in [0, 0.1) is 11.6 Å². The molecule has 0 spiro atoms. The highest BCUT2D eigenvalue weighted by Gasteiger charge is 2.32. The third kappa shape index (κ3) is 4.97. The molecule has 0 amide bonds. The predicted octanol–water partition coefficient (Wildman–Crippen LogP) is 2.67. The lowest BCUT2D eigenvalue weighted by Crippen LogP contribution is -2.48. The summed E-state index contributed by atoms with van der Waals surface area (Å²) >= 11 is 0. The summed E-state index contributed by atoms with van der Waals surface area (Å²) in [5.41, 5.74) is -0.784. The highest BCUT2D eigenvalue weighted by atomic mass is 19.2. The summed E-state index contributed by atoms with van der Waals surface area (Å²) in [5.74, 6) is -1.91. The van der Waals surface area contributed by atoms with Gasteiger partial charge in [-0.05, 0) is 45.9 Å². The summed E-state index contributed by atoms with van der Waals surface area (Å²) in [4.78, 5) is 11.8. The van der Waals surface area contributed by atoms with Crippen LogP contribution in [0.5, 0.6) is 5.75 Å². The molecule has 0 radical (unpaired) electrons. The Balaban J connectivity index is 2.44. The van der Waals surface area contributed by atoms with E-state index in [1.165, 1.54) is 6.07 Å². The van der Waals surface area contributed by atoms with Gasteiger partial charge in [0.1, 0.15) is 11.3 Å². The van der Waals surface area contributed by atoms with E-state index in [0.29, 0.717) is 26.1 Å². The maximum Gasteiger partial charge on any atom is 0.326 e. The molecule has 0 fully saturated rings. The number of carbonyl (C=O) groups is 1. The second kappa shape index (κ2) is 7.93. The molecule has 0 aliphatic rings. The van der Waals surface area contributed by atoms with Crippen molar-refractivity contribution in [3.63, 3.8) is 0 Å². The molecule has 118 valence electrons. The Morgan fingerprint density at radius 1 is 1.33 bits per heavy atom. The third-order valence-electron chi connectivity index (χ3n) is 3.26. The number of hydrogen-bond acceptors (Lipinski definition) is 4. The molecular formula is C15H21F2NO3. The van der Waals surface area contributed by atoms with Crippen molar-refractivity contribution in [1.29, 1.82) is 0 Å². The lowest BCUT2D eigenvalue weighted by molar-refractivity contribution is -0.150. The molecule has 1 aromatic rings. The number of benzene rings is 1. The first-order valence-corrected chi connectivity index (χ1v) is 6.87. The van der Waals surface area contributed by atoms with Crippen molar-refractivity contribution in [2.45, 2.75) is 32.2 Å². The van der Waals surface area contributed by atoms with Gasteiger partial charge in [-0.1, -0.05) is 0 Å². The fraction of sp³-hybridized carbons (Fsp3) is 0.533. The van der Waals surface area contributed by atoms with Crippen LogP contribution in [0.1, 0.15) is 26.7 Å². The molecule has 0 aliphatic carbocycles. The maximum atomic E-state index is 13.0. The van der Waals surface area contributed by atoms with E-state index >= 15 is 0 Å². The molecule has 1 atom stereocenters. The van der Waals surface area contributed by atoms with E-state index in [1.54, 1.807) is 20.9 Å². The minimum absolute atomic E-state index is 0.260. The second-order valence-corrected chi connectivity index (χ2v) is 4.83. The standard InChI is InChI=1S/C15H21F2NO3/c1-4-20-14(19)15(2,18-3)8-5-9-21-11-6-7-12(16)13(17)10-11/h6-7,10,18H,4-5,8-9H2,1-3H3. The minimum Gasteiger partial charge on any atom is -0.493 e. The fourth-order valence-electron chi connectivity index (χ4n) is 1.80. The zero-order valence-corrected chi connectivity index (χ0v) is 12.5. The van der Waals surface area contributed by atoms with Gasteiger partial charge < -0.3 is 14.8 Å². The first-order valence-electron chi connectivity index (χ1n) is 6.87. The molecule has 1 aromatic carbocycles. The molecule has 6 heteroatoms. The van der Waals surface area contributed by atoms with E-state index in [0.717, 1.165) is 12.1 Å². The Hall–Kier alpha value is -1.69. The molecule has 1 N–H and O–H groups in total. The first kappa shape index (κ1) is 17.4. The van der Waals surface area contributed by atoms with Crippen molar-refractivity contribution in [3.8, 4) is 5.75 Å². The molecular weight excluding hydrogens is 280 g/mol. The van der Waals surface area contributed by atoms with Gasteiger partial charge >= 0.3 is 5.97 Å². The number of halogens is 2. The first-order chi connectivity index (χ1) is 9.92. The van der Waals surface area contributed by atoms with Gasteiger partial charge in [0.25, 0.3) is 0 Å². The van der Waals surface area contributed by atoms with Gasteiger partial charge in [0.15, 0.2) is 11.6 Å². The van der Waals surface area contributed by atoms with Gasteiger partial charge in [0.2, 0.25) is 0 Å². The molecule has 0 aromatic heterocycles. The van der Waals surface area contributed by atoms with E-state index in [-0.39, 0.29) is 11.7 Å². The molecule has 0 bridgehead atoms. The lowest BCUT2D eigenvalue weighted by Gasteiger charge is -2.26. The van der Waals surface area contributed by atoms with E-state index in [4.69, 9.17) is 9.47 Å². The monoisotopic (exact) mass is 301 g/mol. The van der Waals surface area contributed by atoms with Crippen LogP contribution in [0.15, 0.2) is 18.2 Å². The van der Waals surface area contributed by atoms with Crippen LogP contribution in [-0.2, 0) is 9.53 Å². The van der Waals surface area contributed by atoms with Crippen molar-refractivity contribution in [2.24, 2.45) is 0 Å². The third-order valence-corrected chi connectivity index (χ3v) is 3.26. The second-order valence-electron chi connectivity index (χ2n) is 4.83. The van der Waals surface area contributed by atoms with Gasteiger partial charge in [-0.15, -0.1) is 0 Å². The number of esters is 1. The minimum atomic E-state index is -0.945. The molecule has 0 saturated carbocycles. The molecule has 21 heavy (non-hydrogen) atoms. The normalized spacial score (nSPS) is 13.6. The fourth-order valence-corrected chi connectivity index (χ4v) is 1.80. The zero-order chi connectivity index (χ0) is 15.9. The largest absolute Gasteiger partial charge is 0.493 e. The molecule has 4 nitrogen and oxygen atoms in total. The van der Waals surface area contributed by atoms with Crippen molar-refractivity contribution < 1.29 is 23.0 Å². The van der Waals surface area contributed by atoms with Crippen LogP contribution in [-0.4, -0.2) is 31.8 Å². The van der Waals surface area contributed by atoms with E-state index < -0.39 is 17.2 Å². The predicted molar refractivity (Wildman–Crippen MR) is 75.2 cm³/mol. The number of hydrogen-bond donors (Lipinski definition) is 1. The Kier molecular flexibility index (Phi) is 6.55. The van der Waals surface area contributed by atoms with Crippen LogP contribution in [0.25, 0.3) is 0 Å². The highest BCUT2D eigenvalue weighted by molar-refractivity contribution is 5.80. The summed E-state index contributed by atoms with van der Waals surface area (Å²) in [6, 6.07) is 3.37. The number of likely N-dealkylation sites (N-methyl/N-ethyl adjacent to an activating group) is 1. The molecule has 0 saturated heterocycles. The Labute approximate surface area is 123 Å². The Morgan fingerprint density at radius 2 is 2.05 bits per heavy atom. The van der Waals surface area contributed by atoms with Crippen LogP contribution >= 0.6 is 0 Å². The number of rotatable bonds is 8. The summed E-state index contributed by atoms with van der Waals surface area (Å²) < 4.78 is 36.1. The number of nitrogens with one attached hydrogen (secondary N) is 1. The number of ether oxygens (including phenoxy) is 2. The van der Waals surface area contributed by atoms with Crippen molar-refractivity contribution >= 4 is 5.97 Å². The topological polar surface area (TPSA) is 47.6 Å². The van der Waals surface area contributed by atoms with Gasteiger partial charge in [-0.3, -0.25) is 4.79 Å². The summed E-state index contributed by atoms with van der Waals surface area (Å²) in [6.07, 6.45) is 1.07. The van der Waals surface area contributed by atoms with Crippen LogP contribution in [0.4, 0.5) is 8.78 Å². The smallest absolute Gasteiger partial charge is 0.326 e. The average Bonchev–Trinajstić information content (AvgIpc) is 2.47. The highest BCUT2D eigenvalue weighted by Crippen LogP contribution is 2.18. The van der Waals surface area contributed by atoms with Crippen LogP contribution < -0.4 is 10.1 Å². The molecule has 1 rings (SSSR count). The summed E-state index contributed by atoms with van der Waals surface area (Å²) in [5, 5.41) is 2.94. The van der Waals surface area contributed by atoms with Crippen molar-refractivity contribution in [3.05, 3.63) is 29.8 Å².